The molecule has 0 aliphatic carbocycles. The predicted molar refractivity (Wildman–Crippen MR) is 67.7 cm³/mol. The zero-order chi connectivity index (χ0) is 13.2. The number of nitrogens with zero attached hydrogens (tertiary/aromatic N) is 2. The lowest BCUT2D eigenvalue weighted by Crippen LogP contribution is -2.44. The van der Waals surface area contributed by atoms with Gasteiger partial charge in [-0.1, -0.05) is 11.6 Å². The number of hydrogen-bond acceptors (Lipinski definition) is 4. The molecule has 0 saturated carbocycles. The van der Waals surface area contributed by atoms with Gasteiger partial charge in [-0.25, -0.2) is 0 Å². The minimum atomic E-state index is -0.493. The lowest BCUT2D eigenvalue weighted by atomic mass is 10.0. The monoisotopic (exact) mass is 258 g/mol. The van der Waals surface area contributed by atoms with E-state index < -0.39 is 10.5 Å². The van der Waals surface area contributed by atoms with E-state index in [4.69, 9.17) is 11.6 Å². The van der Waals surface area contributed by atoms with E-state index in [2.05, 4.69) is 0 Å². The van der Waals surface area contributed by atoms with E-state index in [9.17, 15) is 15.2 Å². The molecule has 0 aliphatic rings. The Balaban J connectivity index is 3.12. The Kier molecular flexibility index (Phi) is 3.95. The van der Waals surface area contributed by atoms with Crippen LogP contribution in [0.1, 0.15) is 13.8 Å². The number of aliphatic hydroxyl groups excluding tert-OH is 1. The van der Waals surface area contributed by atoms with E-state index in [-0.39, 0.29) is 12.3 Å². The molecule has 1 rings (SSSR count). The Morgan fingerprint density at radius 3 is 2.53 bits per heavy atom. The number of rotatable bonds is 4. The van der Waals surface area contributed by atoms with Crippen LogP contribution in [0.4, 0.5) is 11.4 Å². The number of non-ortho nitro benzene ring substituents is 1. The van der Waals surface area contributed by atoms with Crippen molar-refractivity contribution in [2.24, 2.45) is 0 Å². The molecule has 0 bridgehead atoms. The van der Waals surface area contributed by atoms with E-state index in [1.807, 2.05) is 13.8 Å². The summed E-state index contributed by atoms with van der Waals surface area (Å²) >= 11 is 6.00. The number of hydrogen-bond donors (Lipinski definition) is 1. The maximum atomic E-state index is 10.6. The SMILES string of the molecule is CN(c1ccc([N+](=O)[O-])cc1Cl)C(C)(C)CO. The molecule has 0 amide bonds. The van der Waals surface area contributed by atoms with Crippen molar-refractivity contribution in [3.63, 3.8) is 0 Å². The first-order chi connectivity index (χ1) is 7.79. The first-order valence-corrected chi connectivity index (χ1v) is 5.46. The molecule has 5 nitrogen and oxygen atoms in total. The molecule has 0 fully saturated rings. The van der Waals surface area contributed by atoms with E-state index in [0.29, 0.717) is 10.7 Å². The number of aliphatic hydroxyl groups is 1. The van der Waals surface area contributed by atoms with Crippen molar-refractivity contribution in [3.05, 3.63) is 33.3 Å². The molecule has 94 valence electrons. The lowest BCUT2D eigenvalue weighted by Gasteiger charge is -2.36. The van der Waals surface area contributed by atoms with Crippen LogP contribution in [0.5, 0.6) is 0 Å². The molecule has 0 saturated heterocycles. The second-order valence-electron chi connectivity index (χ2n) is 4.42. The van der Waals surface area contributed by atoms with Crippen molar-refractivity contribution in [2.75, 3.05) is 18.6 Å². The van der Waals surface area contributed by atoms with Crippen LogP contribution < -0.4 is 4.90 Å². The van der Waals surface area contributed by atoms with Crippen LogP contribution in [0.15, 0.2) is 18.2 Å². The summed E-state index contributed by atoms with van der Waals surface area (Å²) in [6.07, 6.45) is 0. The van der Waals surface area contributed by atoms with Crippen LogP contribution in [0.2, 0.25) is 5.02 Å². The van der Waals surface area contributed by atoms with Crippen molar-refractivity contribution in [1.29, 1.82) is 0 Å². The number of anilines is 1. The van der Waals surface area contributed by atoms with Gasteiger partial charge in [-0.05, 0) is 19.9 Å². The van der Waals surface area contributed by atoms with Gasteiger partial charge in [-0.2, -0.15) is 0 Å². The Labute approximate surface area is 105 Å². The maximum absolute atomic E-state index is 10.6. The molecule has 1 aromatic carbocycles. The minimum Gasteiger partial charge on any atom is -0.394 e. The van der Waals surface area contributed by atoms with Crippen LogP contribution >= 0.6 is 11.6 Å². The summed E-state index contributed by atoms with van der Waals surface area (Å²) in [6, 6.07) is 4.28. The first kappa shape index (κ1) is 13.7. The second kappa shape index (κ2) is 4.89. The van der Waals surface area contributed by atoms with Gasteiger partial charge < -0.3 is 10.0 Å². The van der Waals surface area contributed by atoms with Crippen LogP contribution in [0, 0.1) is 10.1 Å². The van der Waals surface area contributed by atoms with Gasteiger partial charge in [0.05, 0.1) is 27.8 Å². The van der Waals surface area contributed by atoms with Crippen molar-refractivity contribution >= 4 is 23.0 Å². The Morgan fingerprint density at radius 1 is 1.53 bits per heavy atom. The molecule has 0 radical (unpaired) electrons. The largest absolute Gasteiger partial charge is 0.394 e. The van der Waals surface area contributed by atoms with Gasteiger partial charge in [0.25, 0.3) is 5.69 Å². The molecule has 17 heavy (non-hydrogen) atoms. The Morgan fingerprint density at radius 2 is 2.12 bits per heavy atom. The molecule has 0 spiro atoms. The average molecular weight is 259 g/mol. The quantitative estimate of drug-likeness (QED) is 0.665. The highest BCUT2D eigenvalue weighted by molar-refractivity contribution is 6.33. The van der Waals surface area contributed by atoms with Gasteiger partial charge in [-0.15, -0.1) is 0 Å². The molecule has 0 unspecified atom stereocenters. The summed E-state index contributed by atoms with van der Waals surface area (Å²) < 4.78 is 0. The summed E-state index contributed by atoms with van der Waals surface area (Å²) in [5.74, 6) is 0. The number of likely N-dealkylation sites (N-methyl/N-ethyl adjacent to an activating group) is 1. The van der Waals surface area contributed by atoms with Crippen LogP contribution in [-0.4, -0.2) is 29.2 Å². The average Bonchev–Trinajstić information content (AvgIpc) is 2.27. The predicted octanol–water partition coefficient (Wildman–Crippen LogP) is 2.46. The molecule has 0 aromatic heterocycles. The number of halogens is 1. The van der Waals surface area contributed by atoms with Gasteiger partial charge in [-0.3, -0.25) is 10.1 Å². The summed E-state index contributed by atoms with van der Waals surface area (Å²) in [7, 11) is 1.78. The van der Waals surface area contributed by atoms with E-state index in [1.165, 1.54) is 12.1 Å². The third-order valence-corrected chi connectivity index (χ3v) is 3.10. The standard InChI is InChI=1S/C11H15ClN2O3/c1-11(2,7-15)13(3)10-5-4-8(14(16)17)6-9(10)12/h4-6,15H,7H2,1-3H3. The Bertz CT molecular complexity index is 435. The first-order valence-electron chi connectivity index (χ1n) is 5.08. The lowest BCUT2D eigenvalue weighted by molar-refractivity contribution is -0.384. The van der Waals surface area contributed by atoms with Crippen molar-refractivity contribution in [1.82, 2.24) is 0 Å². The highest BCUT2D eigenvalue weighted by Gasteiger charge is 2.25. The summed E-state index contributed by atoms with van der Waals surface area (Å²) in [6.45, 7) is 3.66. The Hall–Kier alpha value is -1.33. The van der Waals surface area contributed by atoms with Gasteiger partial charge in [0.15, 0.2) is 0 Å². The highest BCUT2D eigenvalue weighted by Crippen LogP contribution is 2.32. The fourth-order valence-corrected chi connectivity index (χ4v) is 1.62. The van der Waals surface area contributed by atoms with Crippen LogP contribution in [0.3, 0.4) is 0 Å². The van der Waals surface area contributed by atoms with Gasteiger partial charge in [0.2, 0.25) is 0 Å². The van der Waals surface area contributed by atoms with Crippen molar-refractivity contribution in [2.45, 2.75) is 19.4 Å². The summed E-state index contributed by atoms with van der Waals surface area (Å²) in [4.78, 5) is 11.9. The number of nitro groups is 1. The zero-order valence-corrected chi connectivity index (χ0v) is 10.7. The van der Waals surface area contributed by atoms with Crippen molar-refractivity contribution in [3.8, 4) is 0 Å². The van der Waals surface area contributed by atoms with Crippen LogP contribution in [-0.2, 0) is 0 Å². The third kappa shape index (κ3) is 2.87. The molecule has 1 N–H and O–H groups in total. The zero-order valence-electron chi connectivity index (χ0n) is 9.98. The molecule has 6 heteroatoms. The fraction of sp³-hybridized carbons (Fsp3) is 0.455. The number of nitro benzene ring substituents is 1. The normalized spacial score (nSPS) is 11.4. The third-order valence-electron chi connectivity index (χ3n) is 2.80. The van der Waals surface area contributed by atoms with E-state index in [1.54, 1.807) is 18.0 Å². The minimum absolute atomic E-state index is 0.0448. The molecule has 0 heterocycles. The molecular formula is C11H15ClN2O3. The van der Waals surface area contributed by atoms with Crippen LogP contribution in [0.25, 0.3) is 0 Å². The van der Waals surface area contributed by atoms with Gasteiger partial charge >= 0.3 is 0 Å². The molecule has 1 aromatic rings. The number of benzene rings is 1. The molecule has 0 atom stereocenters. The topological polar surface area (TPSA) is 66.6 Å². The summed E-state index contributed by atoms with van der Waals surface area (Å²) in [5, 5.41) is 20.1. The van der Waals surface area contributed by atoms with Gasteiger partial charge in [0, 0.05) is 19.2 Å². The highest BCUT2D eigenvalue weighted by atomic mass is 35.5. The smallest absolute Gasteiger partial charge is 0.271 e. The molecule has 0 aliphatic heterocycles. The van der Waals surface area contributed by atoms with E-state index >= 15 is 0 Å². The summed E-state index contributed by atoms with van der Waals surface area (Å²) in [5.41, 5.74) is 0.116. The maximum Gasteiger partial charge on any atom is 0.271 e. The molecular weight excluding hydrogens is 244 g/mol. The van der Waals surface area contributed by atoms with Crippen molar-refractivity contribution < 1.29 is 10.0 Å². The van der Waals surface area contributed by atoms with E-state index in [0.717, 1.165) is 0 Å². The fourth-order valence-electron chi connectivity index (χ4n) is 1.31. The van der Waals surface area contributed by atoms with Gasteiger partial charge in [0.1, 0.15) is 0 Å². The second-order valence-corrected chi connectivity index (χ2v) is 4.83.